The van der Waals surface area contributed by atoms with E-state index in [0.29, 0.717) is 0 Å². The highest BCUT2D eigenvalue weighted by atomic mass is 28.2. The van der Waals surface area contributed by atoms with Gasteiger partial charge in [-0.25, -0.2) is 0 Å². The zero-order valence-corrected chi connectivity index (χ0v) is 5.71. The maximum Gasteiger partial charge on any atom is 0.167 e. The summed E-state index contributed by atoms with van der Waals surface area (Å²) in [5.74, 6) is 0. The third-order valence-electron chi connectivity index (χ3n) is 0.816. The molecule has 0 aliphatic rings. The van der Waals surface area contributed by atoms with E-state index >= 15 is 0 Å². The molecule has 0 spiro atoms. The Kier molecular flexibility index (Phi) is 3.65. The van der Waals surface area contributed by atoms with Crippen LogP contribution in [0.2, 0.25) is 5.54 Å². The van der Waals surface area contributed by atoms with Gasteiger partial charge in [-0.05, 0) is 0 Å². The van der Waals surface area contributed by atoms with Gasteiger partial charge in [0.1, 0.15) is 0 Å². The first-order valence-corrected chi connectivity index (χ1v) is 3.66. The molecule has 0 radical (unpaired) electrons. The third-order valence-corrected chi connectivity index (χ3v) is 1.90. The fraction of sp³-hybridized carbons (Fsp3) is 0.200. The van der Waals surface area contributed by atoms with E-state index in [0.717, 1.165) is 0 Å². The molecule has 0 aromatic rings. The van der Waals surface area contributed by atoms with Crippen molar-refractivity contribution in [3.8, 4) is 0 Å². The first-order valence-electron chi connectivity index (χ1n) is 2.21. The van der Waals surface area contributed by atoms with E-state index in [1.54, 1.807) is 12.2 Å². The van der Waals surface area contributed by atoms with Crippen molar-refractivity contribution in [3.63, 3.8) is 0 Å². The molecule has 0 saturated heterocycles. The zero-order chi connectivity index (χ0) is 5.70. The molecule has 0 atom stereocenters. The smallest absolute Gasteiger partial charge is 0.167 e. The van der Waals surface area contributed by atoms with Crippen molar-refractivity contribution in [3.05, 3.63) is 25.3 Å². The fourth-order valence-corrected chi connectivity index (χ4v) is 0.543. The van der Waals surface area contributed by atoms with E-state index in [1.165, 1.54) is 0 Å². The molecular formula is C5H10OSi. The quantitative estimate of drug-likeness (QED) is 0.411. The second-order valence-corrected chi connectivity index (χ2v) is 2.63. The Hall–Kier alpha value is -0.343. The second kappa shape index (κ2) is 3.83. The van der Waals surface area contributed by atoms with Gasteiger partial charge in [-0.15, -0.1) is 13.2 Å². The van der Waals surface area contributed by atoms with E-state index in [9.17, 15) is 0 Å². The number of rotatable bonds is 3. The molecule has 2 heteroatoms. The van der Waals surface area contributed by atoms with Gasteiger partial charge >= 0.3 is 0 Å². The summed E-state index contributed by atoms with van der Waals surface area (Å²) < 4.78 is 0. The van der Waals surface area contributed by atoms with Crippen molar-refractivity contribution in [2.24, 2.45) is 0 Å². The molecule has 0 aromatic heterocycles. The summed E-state index contributed by atoms with van der Waals surface area (Å²) in [5.41, 5.74) is 0.208. The summed E-state index contributed by atoms with van der Waals surface area (Å²) in [6.45, 7) is 7.01. The molecule has 0 aromatic carbocycles. The van der Waals surface area contributed by atoms with Gasteiger partial charge in [0, 0.05) is 5.54 Å². The summed E-state index contributed by atoms with van der Waals surface area (Å²) in [5, 5.41) is 0. The largest absolute Gasteiger partial charge is 0.437 e. The Morgan fingerprint density at radius 1 is 1.43 bits per heavy atom. The Labute approximate surface area is 46.3 Å². The van der Waals surface area contributed by atoms with E-state index < -0.39 is 9.76 Å². The van der Waals surface area contributed by atoms with Crippen LogP contribution in [-0.2, 0) is 0 Å². The van der Waals surface area contributed by atoms with Crippen LogP contribution < -0.4 is 0 Å². The summed E-state index contributed by atoms with van der Waals surface area (Å²) in [6, 6.07) is 0. The highest BCUT2D eigenvalue weighted by Crippen LogP contribution is 2.00. The van der Waals surface area contributed by atoms with Crippen molar-refractivity contribution in [2.45, 2.75) is 5.54 Å². The Morgan fingerprint density at radius 2 is 1.86 bits per heavy atom. The SMILES string of the molecule is C=CC(C=C)[SiH2]O. The van der Waals surface area contributed by atoms with Gasteiger partial charge in [0.15, 0.2) is 9.76 Å². The Morgan fingerprint density at radius 3 is 1.86 bits per heavy atom. The Bertz CT molecular complexity index is 62.5. The summed E-state index contributed by atoms with van der Waals surface area (Å²) >= 11 is 0. The lowest BCUT2D eigenvalue weighted by atomic mass is 10.4. The average Bonchev–Trinajstić information content (AvgIpc) is 1.72. The minimum Gasteiger partial charge on any atom is -0.437 e. The van der Waals surface area contributed by atoms with Gasteiger partial charge in [-0.1, -0.05) is 12.2 Å². The highest BCUT2D eigenvalue weighted by molar-refractivity contribution is 6.29. The molecule has 0 aliphatic carbocycles. The molecule has 0 bridgehead atoms. The highest BCUT2D eigenvalue weighted by Gasteiger charge is 1.91. The van der Waals surface area contributed by atoms with Crippen LogP contribution in [0.15, 0.2) is 25.3 Å². The third kappa shape index (κ3) is 2.36. The van der Waals surface area contributed by atoms with Gasteiger partial charge in [0.25, 0.3) is 0 Å². The van der Waals surface area contributed by atoms with Crippen molar-refractivity contribution in [1.82, 2.24) is 0 Å². The Balaban J connectivity index is 3.36. The lowest BCUT2D eigenvalue weighted by molar-refractivity contribution is 0.598. The van der Waals surface area contributed by atoms with Crippen molar-refractivity contribution >= 4 is 9.76 Å². The van der Waals surface area contributed by atoms with Gasteiger partial charge < -0.3 is 4.80 Å². The standard InChI is InChI=1S/C5H10OSi/c1-3-5(4-2)7-6/h3-6H,1-2,7H2. The van der Waals surface area contributed by atoms with E-state index in [2.05, 4.69) is 13.2 Å². The van der Waals surface area contributed by atoms with Crippen LogP contribution >= 0.6 is 0 Å². The fourth-order valence-electron chi connectivity index (χ4n) is 0.245. The topological polar surface area (TPSA) is 20.2 Å². The molecule has 1 nitrogen and oxygen atoms in total. The molecule has 40 valence electrons. The maximum atomic E-state index is 8.52. The van der Waals surface area contributed by atoms with Crippen molar-refractivity contribution in [2.75, 3.05) is 0 Å². The van der Waals surface area contributed by atoms with Crippen LogP contribution in [-0.4, -0.2) is 14.6 Å². The second-order valence-electron chi connectivity index (χ2n) is 1.32. The van der Waals surface area contributed by atoms with Crippen LogP contribution in [0.3, 0.4) is 0 Å². The van der Waals surface area contributed by atoms with Crippen LogP contribution in [0.1, 0.15) is 0 Å². The summed E-state index contributed by atoms with van der Waals surface area (Å²) in [4.78, 5) is 8.52. The van der Waals surface area contributed by atoms with Gasteiger partial charge in [0.05, 0.1) is 0 Å². The first kappa shape index (κ1) is 6.66. The molecule has 0 aliphatic heterocycles. The number of hydrogen-bond donors (Lipinski definition) is 1. The summed E-state index contributed by atoms with van der Waals surface area (Å²) in [7, 11) is -0.908. The van der Waals surface area contributed by atoms with Crippen LogP contribution in [0, 0.1) is 0 Å². The lowest BCUT2D eigenvalue weighted by Gasteiger charge is -1.94. The normalized spacial score (nSPS) is 10.6. The number of allylic oxidation sites excluding steroid dienone is 2. The summed E-state index contributed by atoms with van der Waals surface area (Å²) in [6.07, 6.45) is 3.44. The molecular weight excluding hydrogens is 104 g/mol. The van der Waals surface area contributed by atoms with Crippen LogP contribution in [0.5, 0.6) is 0 Å². The minimum atomic E-state index is -0.908. The van der Waals surface area contributed by atoms with E-state index in [1.807, 2.05) is 0 Å². The van der Waals surface area contributed by atoms with E-state index in [-0.39, 0.29) is 5.54 Å². The van der Waals surface area contributed by atoms with Gasteiger partial charge in [-0.2, -0.15) is 0 Å². The van der Waals surface area contributed by atoms with E-state index in [4.69, 9.17) is 4.80 Å². The van der Waals surface area contributed by atoms with Crippen LogP contribution in [0.25, 0.3) is 0 Å². The van der Waals surface area contributed by atoms with Gasteiger partial charge in [0.2, 0.25) is 0 Å². The van der Waals surface area contributed by atoms with Gasteiger partial charge in [-0.3, -0.25) is 0 Å². The monoisotopic (exact) mass is 114 g/mol. The molecule has 0 saturated carbocycles. The lowest BCUT2D eigenvalue weighted by Crippen LogP contribution is -1.93. The molecule has 0 amide bonds. The van der Waals surface area contributed by atoms with Crippen LogP contribution in [0.4, 0.5) is 0 Å². The predicted molar refractivity (Wildman–Crippen MR) is 34.9 cm³/mol. The van der Waals surface area contributed by atoms with Crippen molar-refractivity contribution < 1.29 is 4.80 Å². The molecule has 7 heavy (non-hydrogen) atoms. The first-order chi connectivity index (χ1) is 3.35. The number of hydrogen-bond acceptors (Lipinski definition) is 1. The van der Waals surface area contributed by atoms with Crippen molar-refractivity contribution in [1.29, 1.82) is 0 Å². The molecule has 1 N–H and O–H groups in total. The minimum absolute atomic E-state index is 0.208. The zero-order valence-electron chi connectivity index (χ0n) is 4.30. The molecule has 0 unspecified atom stereocenters. The molecule has 0 fully saturated rings. The average molecular weight is 114 g/mol. The molecule has 0 heterocycles. The predicted octanol–water partition coefficient (Wildman–Crippen LogP) is 0.223. The molecule has 0 rings (SSSR count). The maximum absolute atomic E-state index is 8.52.